The van der Waals surface area contributed by atoms with E-state index in [9.17, 15) is 0 Å². The molecular weight excluding hydrogens is 112 g/mol. The Balaban J connectivity index is 3.07. The van der Waals surface area contributed by atoms with Crippen LogP contribution in [0.3, 0.4) is 0 Å². The third-order valence-electron chi connectivity index (χ3n) is 1.26. The summed E-state index contributed by atoms with van der Waals surface area (Å²) in [5, 5.41) is 3.13. The highest BCUT2D eigenvalue weighted by Crippen LogP contribution is 1.90. The summed E-state index contributed by atoms with van der Waals surface area (Å²) >= 11 is 0. The molecule has 0 aliphatic rings. The van der Waals surface area contributed by atoms with Gasteiger partial charge < -0.3 is 9.80 Å². The molecule has 0 rings (SSSR count). The molecule has 2 nitrogen and oxygen atoms in total. The second kappa shape index (κ2) is 3.85. The fourth-order valence-electron chi connectivity index (χ4n) is 0.730. The molecule has 0 aromatic rings. The zero-order chi connectivity index (χ0) is 7.33. The van der Waals surface area contributed by atoms with E-state index < -0.39 is 0 Å². The minimum atomic E-state index is 1.07. The van der Waals surface area contributed by atoms with Gasteiger partial charge in [-0.25, -0.2) is 0 Å². The minimum absolute atomic E-state index is 1.07. The van der Waals surface area contributed by atoms with E-state index in [0.717, 1.165) is 11.0 Å². The Morgan fingerprint density at radius 3 is 2.11 bits per heavy atom. The van der Waals surface area contributed by atoms with E-state index in [1.165, 1.54) is 13.0 Å². The molecule has 0 aliphatic carbocycles. The average molecular weight is 131 g/mol. The summed E-state index contributed by atoms with van der Waals surface area (Å²) in [4.78, 5) is 0. The van der Waals surface area contributed by atoms with E-state index >= 15 is 0 Å². The van der Waals surface area contributed by atoms with E-state index in [-0.39, 0.29) is 0 Å². The first-order valence-corrected chi connectivity index (χ1v) is 3.51. The van der Waals surface area contributed by atoms with Crippen LogP contribution in [0.25, 0.3) is 0 Å². The number of rotatable bonds is 4. The van der Waals surface area contributed by atoms with E-state index in [2.05, 4.69) is 26.5 Å². The van der Waals surface area contributed by atoms with Crippen LogP contribution in [0.15, 0.2) is 0 Å². The van der Waals surface area contributed by atoms with Crippen molar-refractivity contribution in [1.82, 2.24) is 5.32 Å². The average Bonchev–Trinajstić information content (AvgIpc) is 1.63. The van der Waals surface area contributed by atoms with Crippen LogP contribution in [0.5, 0.6) is 0 Å². The molecule has 0 heterocycles. The highest BCUT2D eigenvalue weighted by atomic mass is 15.3. The van der Waals surface area contributed by atoms with Crippen molar-refractivity contribution in [2.45, 2.75) is 6.42 Å². The molecule has 0 aliphatic heterocycles. The van der Waals surface area contributed by atoms with Gasteiger partial charge in [0.2, 0.25) is 0 Å². The van der Waals surface area contributed by atoms with E-state index in [1.54, 1.807) is 0 Å². The van der Waals surface area contributed by atoms with Crippen LogP contribution >= 0.6 is 0 Å². The summed E-state index contributed by atoms with van der Waals surface area (Å²) in [6, 6.07) is 0. The highest BCUT2D eigenvalue weighted by molar-refractivity contribution is 4.37. The van der Waals surface area contributed by atoms with Crippen molar-refractivity contribution >= 4 is 0 Å². The molecule has 0 saturated heterocycles. The quantitative estimate of drug-likeness (QED) is 0.427. The first kappa shape index (κ1) is 8.92. The van der Waals surface area contributed by atoms with Crippen molar-refractivity contribution in [3.8, 4) is 0 Å². The van der Waals surface area contributed by atoms with E-state index in [1.807, 2.05) is 7.05 Å². The van der Waals surface area contributed by atoms with Gasteiger partial charge in [0.1, 0.15) is 0 Å². The molecule has 56 valence electrons. The molecule has 2 heteroatoms. The summed E-state index contributed by atoms with van der Waals surface area (Å²) in [7, 11) is 8.65. The van der Waals surface area contributed by atoms with Crippen LogP contribution in [0.2, 0.25) is 0 Å². The van der Waals surface area contributed by atoms with Crippen LogP contribution in [0, 0.1) is 0 Å². The molecule has 0 aromatic carbocycles. The Morgan fingerprint density at radius 1 is 1.22 bits per heavy atom. The largest absolute Gasteiger partial charge is 0.331 e. The molecule has 0 radical (unpaired) electrons. The van der Waals surface area contributed by atoms with Crippen LogP contribution in [-0.2, 0) is 0 Å². The van der Waals surface area contributed by atoms with Gasteiger partial charge in [-0.2, -0.15) is 0 Å². The Hall–Kier alpha value is -0.0800. The number of quaternary nitrogens is 1. The number of nitrogens with zero attached hydrogens (tertiary/aromatic N) is 1. The predicted octanol–water partition coefficient (Wildman–Crippen LogP) is 0.302. The molecule has 0 bridgehead atoms. The van der Waals surface area contributed by atoms with Crippen LogP contribution in [0.4, 0.5) is 0 Å². The lowest BCUT2D eigenvalue weighted by molar-refractivity contribution is -0.870. The maximum absolute atomic E-state index is 3.13. The second-order valence-electron chi connectivity index (χ2n) is 3.47. The van der Waals surface area contributed by atoms with Crippen molar-refractivity contribution in [1.29, 1.82) is 0 Å². The Bertz CT molecular complexity index is 63.8. The molecule has 0 spiro atoms. The lowest BCUT2D eigenvalue weighted by atomic mass is 10.4. The Morgan fingerprint density at radius 2 is 1.78 bits per heavy atom. The molecule has 9 heavy (non-hydrogen) atoms. The Labute approximate surface area is 58.4 Å². The lowest BCUT2D eigenvalue weighted by Crippen LogP contribution is -2.36. The predicted molar refractivity (Wildman–Crippen MR) is 41.4 cm³/mol. The summed E-state index contributed by atoms with van der Waals surface area (Å²) in [6.45, 7) is 2.39. The molecular formula is C7H19N2+. The fraction of sp³-hybridized carbons (Fsp3) is 1.00. The molecule has 0 amide bonds. The number of nitrogens with one attached hydrogen (secondary N) is 1. The summed E-state index contributed by atoms with van der Waals surface area (Å²) in [5.41, 5.74) is 0. The van der Waals surface area contributed by atoms with Crippen molar-refractivity contribution < 1.29 is 4.48 Å². The van der Waals surface area contributed by atoms with Crippen LogP contribution in [0.1, 0.15) is 6.42 Å². The van der Waals surface area contributed by atoms with Gasteiger partial charge >= 0.3 is 0 Å². The molecule has 1 N–H and O–H groups in total. The zero-order valence-corrected chi connectivity index (χ0v) is 7.07. The van der Waals surface area contributed by atoms with Gasteiger partial charge in [0.05, 0.1) is 27.7 Å². The van der Waals surface area contributed by atoms with Gasteiger partial charge in [0, 0.05) is 13.0 Å². The maximum Gasteiger partial charge on any atom is 0.0792 e. The normalized spacial score (nSPS) is 12.0. The number of hydrogen-bond acceptors (Lipinski definition) is 1. The zero-order valence-electron chi connectivity index (χ0n) is 7.07. The van der Waals surface area contributed by atoms with Crippen LogP contribution < -0.4 is 5.32 Å². The number of hydrogen-bond donors (Lipinski definition) is 1. The van der Waals surface area contributed by atoms with Gasteiger partial charge in [-0.1, -0.05) is 0 Å². The molecule has 0 unspecified atom stereocenters. The smallest absolute Gasteiger partial charge is 0.0792 e. The third kappa shape index (κ3) is 7.92. The van der Waals surface area contributed by atoms with Gasteiger partial charge in [-0.3, -0.25) is 0 Å². The van der Waals surface area contributed by atoms with Gasteiger partial charge in [-0.05, 0) is 7.05 Å². The minimum Gasteiger partial charge on any atom is -0.331 e. The maximum atomic E-state index is 3.13. The molecule has 0 atom stereocenters. The fourth-order valence-corrected chi connectivity index (χ4v) is 0.730. The Kier molecular flexibility index (Phi) is 3.82. The summed E-state index contributed by atoms with van der Waals surface area (Å²) in [5.74, 6) is 0. The van der Waals surface area contributed by atoms with Crippen LogP contribution in [-0.4, -0.2) is 45.8 Å². The monoisotopic (exact) mass is 131 g/mol. The van der Waals surface area contributed by atoms with Crippen molar-refractivity contribution in [3.63, 3.8) is 0 Å². The first-order valence-electron chi connectivity index (χ1n) is 3.51. The second-order valence-corrected chi connectivity index (χ2v) is 3.47. The van der Waals surface area contributed by atoms with Crippen molar-refractivity contribution in [2.24, 2.45) is 0 Å². The third-order valence-corrected chi connectivity index (χ3v) is 1.26. The van der Waals surface area contributed by atoms with Gasteiger partial charge in [0.25, 0.3) is 0 Å². The van der Waals surface area contributed by atoms with Gasteiger partial charge in [-0.15, -0.1) is 0 Å². The molecule has 0 fully saturated rings. The van der Waals surface area contributed by atoms with Crippen molar-refractivity contribution in [3.05, 3.63) is 0 Å². The lowest BCUT2D eigenvalue weighted by Gasteiger charge is -2.23. The summed E-state index contributed by atoms with van der Waals surface area (Å²) in [6.07, 6.45) is 1.26. The van der Waals surface area contributed by atoms with Crippen molar-refractivity contribution in [2.75, 3.05) is 41.3 Å². The SMILES string of the molecule is CNCCC[N+](C)(C)C. The van der Waals surface area contributed by atoms with Gasteiger partial charge in [0.15, 0.2) is 0 Å². The standard InChI is InChI=1S/C7H19N2/c1-8-6-5-7-9(2,3)4/h8H,5-7H2,1-4H3/q+1. The topological polar surface area (TPSA) is 12.0 Å². The van der Waals surface area contributed by atoms with E-state index in [0.29, 0.717) is 0 Å². The molecule has 0 aromatic heterocycles. The molecule has 0 saturated carbocycles. The first-order chi connectivity index (χ1) is 4.06. The van der Waals surface area contributed by atoms with E-state index in [4.69, 9.17) is 0 Å². The summed E-state index contributed by atoms with van der Waals surface area (Å²) < 4.78 is 1.07. The highest BCUT2D eigenvalue weighted by Gasteiger charge is 2.03.